The molecule has 1 aromatic heterocycles. The molecule has 0 saturated heterocycles. The second-order valence-corrected chi connectivity index (χ2v) is 7.58. The first-order valence-electron chi connectivity index (χ1n) is 9.98. The number of carbonyl (C=O) groups excluding carboxylic acids is 1. The third-order valence-electron chi connectivity index (χ3n) is 5.08. The molecule has 1 atom stereocenters. The second kappa shape index (κ2) is 8.18. The van der Waals surface area contributed by atoms with Crippen molar-refractivity contribution in [2.75, 3.05) is 13.2 Å². The number of fused-ring (bicyclic) bond motifs is 1. The van der Waals surface area contributed by atoms with E-state index in [0.29, 0.717) is 36.0 Å². The molecule has 6 nitrogen and oxygen atoms in total. The van der Waals surface area contributed by atoms with Crippen LogP contribution in [0, 0.1) is 5.82 Å². The summed E-state index contributed by atoms with van der Waals surface area (Å²) in [4.78, 5) is 13.1. The van der Waals surface area contributed by atoms with Gasteiger partial charge in [-0.15, -0.1) is 0 Å². The fourth-order valence-electron chi connectivity index (χ4n) is 3.56. The van der Waals surface area contributed by atoms with Crippen LogP contribution in [0.25, 0.3) is 5.69 Å². The van der Waals surface area contributed by atoms with E-state index >= 15 is 0 Å². The lowest BCUT2D eigenvalue weighted by atomic mass is 10.0. The van der Waals surface area contributed by atoms with Crippen molar-refractivity contribution < 1.29 is 18.7 Å². The van der Waals surface area contributed by atoms with E-state index in [1.54, 1.807) is 23.0 Å². The lowest BCUT2D eigenvalue weighted by molar-refractivity contribution is 0.0938. The summed E-state index contributed by atoms with van der Waals surface area (Å²) in [6, 6.07) is 11.5. The van der Waals surface area contributed by atoms with Gasteiger partial charge in [0, 0.05) is 0 Å². The number of rotatable bonds is 5. The number of amides is 1. The molecule has 1 aliphatic rings. The highest BCUT2D eigenvalue weighted by Gasteiger charge is 2.23. The largest absolute Gasteiger partial charge is 0.486 e. The molecule has 30 heavy (non-hydrogen) atoms. The van der Waals surface area contributed by atoms with Gasteiger partial charge in [0.1, 0.15) is 19.0 Å². The predicted octanol–water partition coefficient (Wildman–Crippen LogP) is 4.40. The van der Waals surface area contributed by atoms with Crippen LogP contribution in [0.1, 0.15) is 54.3 Å². The fraction of sp³-hybridized carbons (Fsp3) is 0.304. The standard InChI is InChI=1S/C23H24FN3O3/c1-14(2)22-19(13-25-27(22)18-7-5-17(24)6-8-18)23(28)26-15(3)16-4-9-20-21(12-16)30-11-10-29-20/h4-9,12-15H,10-11H2,1-3H3,(H,26,28). The molecule has 0 radical (unpaired) electrons. The monoisotopic (exact) mass is 409 g/mol. The lowest BCUT2D eigenvalue weighted by Gasteiger charge is -2.21. The molecular weight excluding hydrogens is 385 g/mol. The van der Waals surface area contributed by atoms with Gasteiger partial charge in [0.05, 0.1) is 29.2 Å². The number of ether oxygens (including phenoxy) is 2. The van der Waals surface area contributed by atoms with Crippen LogP contribution in [0.15, 0.2) is 48.7 Å². The second-order valence-electron chi connectivity index (χ2n) is 7.58. The Balaban J connectivity index is 1.58. The van der Waals surface area contributed by atoms with E-state index in [1.807, 2.05) is 39.0 Å². The highest BCUT2D eigenvalue weighted by Crippen LogP contribution is 2.33. The quantitative estimate of drug-likeness (QED) is 0.679. The third-order valence-corrected chi connectivity index (χ3v) is 5.08. The SMILES string of the molecule is CC(C)c1c(C(=O)NC(C)c2ccc3c(c2)OCCO3)cnn1-c1ccc(F)cc1. The lowest BCUT2D eigenvalue weighted by Crippen LogP contribution is -2.28. The Labute approximate surface area is 174 Å². The van der Waals surface area contributed by atoms with Crippen LogP contribution < -0.4 is 14.8 Å². The van der Waals surface area contributed by atoms with Crippen LogP contribution in [0.3, 0.4) is 0 Å². The van der Waals surface area contributed by atoms with Gasteiger partial charge in [0.15, 0.2) is 11.5 Å². The molecule has 0 spiro atoms. The average Bonchev–Trinajstić information content (AvgIpc) is 3.19. The van der Waals surface area contributed by atoms with Gasteiger partial charge in [-0.25, -0.2) is 9.07 Å². The summed E-state index contributed by atoms with van der Waals surface area (Å²) in [6.45, 7) is 6.96. The fourth-order valence-corrected chi connectivity index (χ4v) is 3.56. The molecule has 1 aliphatic heterocycles. The first kappa shape index (κ1) is 19.9. The van der Waals surface area contributed by atoms with E-state index in [0.717, 1.165) is 11.3 Å². The molecular formula is C23H24FN3O3. The summed E-state index contributed by atoms with van der Waals surface area (Å²) in [6.07, 6.45) is 1.56. The van der Waals surface area contributed by atoms with Gasteiger partial charge in [-0.2, -0.15) is 5.10 Å². The number of carbonyl (C=O) groups is 1. The van der Waals surface area contributed by atoms with Crippen LogP contribution in [-0.2, 0) is 0 Å². The molecule has 4 rings (SSSR count). The van der Waals surface area contributed by atoms with Gasteiger partial charge in [-0.3, -0.25) is 4.79 Å². The molecule has 7 heteroatoms. The Morgan fingerprint density at radius 3 is 2.47 bits per heavy atom. The van der Waals surface area contributed by atoms with Gasteiger partial charge < -0.3 is 14.8 Å². The van der Waals surface area contributed by atoms with Crippen molar-refractivity contribution in [2.24, 2.45) is 0 Å². The number of nitrogens with one attached hydrogen (secondary N) is 1. The molecule has 0 bridgehead atoms. The van der Waals surface area contributed by atoms with Gasteiger partial charge in [-0.1, -0.05) is 19.9 Å². The molecule has 3 aromatic rings. The minimum atomic E-state index is -0.316. The minimum absolute atomic E-state index is 0.0444. The van der Waals surface area contributed by atoms with E-state index in [9.17, 15) is 9.18 Å². The number of halogens is 1. The van der Waals surface area contributed by atoms with Crippen LogP contribution in [0.2, 0.25) is 0 Å². The highest BCUT2D eigenvalue weighted by atomic mass is 19.1. The molecule has 0 saturated carbocycles. The average molecular weight is 409 g/mol. The van der Waals surface area contributed by atoms with Crippen LogP contribution in [0.4, 0.5) is 4.39 Å². The molecule has 1 N–H and O–H groups in total. The van der Waals surface area contributed by atoms with Crippen LogP contribution in [0.5, 0.6) is 11.5 Å². The Morgan fingerprint density at radius 1 is 1.07 bits per heavy atom. The summed E-state index contributed by atoms with van der Waals surface area (Å²) in [5, 5.41) is 7.43. The van der Waals surface area contributed by atoms with Crippen LogP contribution >= 0.6 is 0 Å². The summed E-state index contributed by atoms with van der Waals surface area (Å²) >= 11 is 0. The summed E-state index contributed by atoms with van der Waals surface area (Å²) in [5.41, 5.74) is 2.90. The normalized spacial score (nSPS) is 13.9. The first-order valence-corrected chi connectivity index (χ1v) is 9.98. The number of hydrogen-bond donors (Lipinski definition) is 1. The molecule has 1 unspecified atom stereocenters. The number of nitrogens with zero attached hydrogens (tertiary/aromatic N) is 2. The number of hydrogen-bond acceptors (Lipinski definition) is 4. The maximum absolute atomic E-state index is 13.3. The van der Waals surface area contributed by atoms with Gasteiger partial charge in [0.25, 0.3) is 5.91 Å². The van der Waals surface area contributed by atoms with Crippen molar-refractivity contribution in [3.05, 3.63) is 71.3 Å². The molecule has 0 fully saturated rings. The zero-order valence-corrected chi connectivity index (χ0v) is 17.2. The zero-order valence-electron chi connectivity index (χ0n) is 17.2. The van der Waals surface area contributed by atoms with Crippen LogP contribution in [-0.4, -0.2) is 28.9 Å². The maximum atomic E-state index is 13.3. The first-order chi connectivity index (χ1) is 14.4. The Hall–Kier alpha value is -3.35. The Morgan fingerprint density at radius 2 is 1.77 bits per heavy atom. The van der Waals surface area contributed by atoms with E-state index in [2.05, 4.69) is 10.4 Å². The smallest absolute Gasteiger partial charge is 0.255 e. The number of aromatic nitrogens is 2. The summed E-state index contributed by atoms with van der Waals surface area (Å²) in [7, 11) is 0. The van der Waals surface area contributed by atoms with Gasteiger partial charge >= 0.3 is 0 Å². The van der Waals surface area contributed by atoms with Crippen molar-refractivity contribution in [1.29, 1.82) is 0 Å². The zero-order chi connectivity index (χ0) is 21.3. The van der Waals surface area contributed by atoms with E-state index < -0.39 is 0 Å². The number of benzene rings is 2. The highest BCUT2D eigenvalue weighted by molar-refractivity contribution is 5.95. The van der Waals surface area contributed by atoms with Gasteiger partial charge in [-0.05, 0) is 54.8 Å². The molecule has 2 aromatic carbocycles. The molecule has 2 heterocycles. The van der Waals surface area contributed by atoms with Crippen molar-refractivity contribution in [2.45, 2.75) is 32.7 Å². The van der Waals surface area contributed by atoms with Gasteiger partial charge in [0.2, 0.25) is 0 Å². The van der Waals surface area contributed by atoms with Crippen molar-refractivity contribution in [1.82, 2.24) is 15.1 Å². The maximum Gasteiger partial charge on any atom is 0.255 e. The molecule has 156 valence electrons. The molecule has 0 aliphatic carbocycles. The molecule has 1 amide bonds. The third kappa shape index (κ3) is 3.87. The van der Waals surface area contributed by atoms with E-state index in [4.69, 9.17) is 9.47 Å². The summed E-state index contributed by atoms with van der Waals surface area (Å²) < 4.78 is 26.2. The predicted molar refractivity (Wildman–Crippen MR) is 111 cm³/mol. The minimum Gasteiger partial charge on any atom is -0.486 e. The topological polar surface area (TPSA) is 65.4 Å². The van der Waals surface area contributed by atoms with Crippen molar-refractivity contribution in [3.63, 3.8) is 0 Å². The van der Waals surface area contributed by atoms with Crippen molar-refractivity contribution in [3.8, 4) is 17.2 Å². The van der Waals surface area contributed by atoms with E-state index in [1.165, 1.54) is 12.1 Å². The van der Waals surface area contributed by atoms with E-state index in [-0.39, 0.29) is 23.7 Å². The summed E-state index contributed by atoms with van der Waals surface area (Å²) in [5.74, 6) is 0.915. The Bertz CT molecular complexity index is 1060. The Kier molecular flexibility index (Phi) is 5.44. The van der Waals surface area contributed by atoms with Crippen molar-refractivity contribution >= 4 is 5.91 Å².